The van der Waals surface area contributed by atoms with E-state index in [1.165, 1.54) is 193 Å². The Morgan fingerprint density at radius 2 is 0.692 bits per heavy atom. The molecule has 0 saturated carbocycles. The van der Waals surface area contributed by atoms with Crippen LogP contribution in [0, 0.1) is 5.92 Å². The van der Waals surface area contributed by atoms with E-state index >= 15 is 0 Å². The molecule has 0 saturated heterocycles. The van der Waals surface area contributed by atoms with Crippen molar-refractivity contribution in [2.75, 3.05) is 13.2 Å². The summed E-state index contributed by atoms with van der Waals surface area (Å²) in [5, 5.41) is 0. The lowest BCUT2D eigenvalue weighted by molar-refractivity contribution is -0.155. The van der Waals surface area contributed by atoms with Crippen LogP contribution in [0.1, 0.15) is 265 Å². The molecule has 52 heavy (non-hydrogen) atoms. The number of allylic oxidation sites excluding steroid dienone is 2. The second kappa shape index (κ2) is 44.1. The molecule has 0 N–H and O–H groups in total. The lowest BCUT2D eigenvalue weighted by atomic mass is 9.97. The molecule has 0 fully saturated rings. The van der Waals surface area contributed by atoms with Crippen molar-refractivity contribution in [1.29, 1.82) is 0 Å². The molecule has 4 heteroatoms. The smallest absolute Gasteiger partial charge is 0.309 e. The first kappa shape index (κ1) is 50.7. The molecule has 1 atom stereocenters. The van der Waals surface area contributed by atoms with Crippen LogP contribution in [-0.4, -0.2) is 25.2 Å². The number of unbranched alkanes of at least 4 members (excludes halogenated alkanes) is 32. The van der Waals surface area contributed by atoms with Crippen molar-refractivity contribution in [3.63, 3.8) is 0 Å². The molecule has 0 aliphatic heterocycles. The van der Waals surface area contributed by atoms with Crippen LogP contribution in [0.2, 0.25) is 0 Å². The molecule has 0 bridgehead atoms. The summed E-state index contributed by atoms with van der Waals surface area (Å²) in [7, 11) is 0. The Balaban J connectivity index is 4.21. The zero-order valence-corrected chi connectivity index (χ0v) is 35.6. The van der Waals surface area contributed by atoms with Gasteiger partial charge in [0.1, 0.15) is 0 Å². The van der Waals surface area contributed by atoms with Gasteiger partial charge in [-0.3, -0.25) is 9.59 Å². The van der Waals surface area contributed by atoms with Gasteiger partial charge in [0.05, 0.1) is 25.6 Å². The van der Waals surface area contributed by atoms with Crippen molar-refractivity contribution >= 4 is 11.9 Å². The van der Waals surface area contributed by atoms with Crippen LogP contribution in [0.15, 0.2) is 12.2 Å². The highest BCUT2D eigenvalue weighted by Gasteiger charge is 2.24. The Kier molecular flexibility index (Phi) is 43.0. The summed E-state index contributed by atoms with van der Waals surface area (Å²) < 4.78 is 11.3. The van der Waals surface area contributed by atoms with Crippen LogP contribution >= 0.6 is 0 Å². The number of carbonyl (C=O) groups is 2. The van der Waals surface area contributed by atoms with E-state index in [1.54, 1.807) is 0 Å². The number of hydrogen-bond acceptors (Lipinski definition) is 4. The Bertz CT molecular complexity index is 747. The molecule has 0 radical (unpaired) electrons. The second-order valence-corrected chi connectivity index (χ2v) is 16.1. The zero-order valence-electron chi connectivity index (χ0n) is 35.6. The molecule has 0 aliphatic rings. The molecule has 0 aromatic rings. The van der Waals surface area contributed by atoms with Gasteiger partial charge in [-0.25, -0.2) is 0 Å². The van der Waals surface area contributed by atoms with E-state index in [0.717, 1.165) is 44.9 Å². The molecule has 0 aromatic heterocycles. The van der Waals surface area contributed by atoms with Crippen LogP contribution in [0.3, 0.4) is 0 Å². The second-order valence-electron chi connectivity index (χ2n) is 16.1. The minimum absolute atomic E-state index is 0.165. The summed E-state index contributed by atoms with van der Waals surface area (Å²) in [6.07, 6.45) is 51.6. The lowest BCUT2D eigenvalue weighted by Gasteiger charge is -2.16. The Hall–Kier alpha value is -1.32. The summed E-state index contributed by atoms with van der Waals surface area (Å²) in [6.45, 7) is 7.77. The monoisotopic (exact) mass is 733 g/mol. The minimum Gasteiger partial charge on any atom is -0.466 e. The Morgan fingerprint density at radius 1 is 0.385 bits per heavy atom. The summed E-state index contributed by atoms with van der Waals surface area (Å²) >= 11 is 0. The molecule has 0 amide bonds. The minimum atomic E-state index is -0.368. The van der Waals surface area contributed by atoms with Gasteiger partial charge < -0.3 is 9.47 Å². The number of esters is 2. The van der Waals surface area contributed by atoms with E-state index in [2.05, 4.69) is 32.9 Å². The van der Waals surface area contributed by atoms with E-state index in [0.29, 0.717) is 13.2 Å². The van der Waals surface area contributed by atoms with Gasteiger partial charge in [-0.15, -0.1) is 0 Å². The van der Waals surface area contributed by atoms with Crippen LogP contribution in [-0.2, 0) is 19.1 Å². The van der Waals surface area contributed by atoms with Crippen molar-refractivity contribution in [3.8, 4) is 0 Å². The highest BCUT2D eigenvalue weighted by molar-refractivity contribution is 5.79. The first-order valence-electron chi connectivity index (χ1n) is 23.6. The van der Waals surface area contributed by atoms with Crippen LogP contribution < -0.4 is 0 Å². The van der Waals surface area contributed by atoms with Crippen molar-refractivity contribution in [1.82, 2.24) is 0 Å². The maximum atomic E-state index is 13.1. The third kappa shape index (κ3) is 39.9. The number of ether oxygens (including phenoxy) is 2. The predicted octanol–water partition coefficient (Wildman–Crippen LogP) is 16.1. The normalized spacial score (nSPS) is 12.1. The topological polar surface area (TPSA) is 52.6 Å². The van der Waals surface area contributed by atoms with Gasteiger partial charge >= 0.3 is 11.9 Å². The Labute approximate surface area is 326 Å². The third-order valence-corrected chi connectivity index (χ3v) is 10.8. The fourth-order valence-electron chi connectivity index (χ4n) is 7.21. The maximum absolute atomic E-state index is 13.1. The van der Waals surface area contributed by atoms with Gasteiger partial charge in [0.25, 0.3) is 0 Å². The molecule has 308 valence electrons. The first-order chi connectivity index (χ1) is 25.7. The van der Waals surface area contributed by atoms with E-state index in [9.17, 15) is 9.59 Å². The molecule has 1 unspecified atom stereocenters. The van der Waals surface area contributed by atoms with Gasteiger partial charge in [-0.05, 0) is 44.9 Å². The molecular formula is C48H92O4. The summed E-state index contributed by atoms with van der Waals surface area (Å²) in [5.74, 6) is -0.790. The van der Waals surface area contributed by atoms with Crippen LogP contribution in [0.5, 0.6) is 0 Å². The van der Waals surface area contributed by atoms with Gasteiger partial charge in [-0.2, -0.15) is 0 Å². The van der Waals surface area contributed by atoms with Crippen LogP contribution in [0.4, 0.5) is 0 Å². The highest BCUT2D eigenvalue weighted by atomic mass is 16.5. The fourth-order valence-corrected chi connectivity index (χ4v) is 7.21. The van der Waals surface area contributed by atoms with E-state index in [4.69, 9.17) is 9.47 Å². The average Bonchev–Trinajstić information content (AvgIpc) is 3.14. The van der Waals surface area contributed by atoms with E-state index < -0.39 is 0 Å². The van der Waals surface area contributed by atoms with Crippen LogP contribution in [0.25, 0.3) is 0 Å². The standard InChI is InChI=1S/C48H92O4/c1-4-7-10-13-16-19-22-23-24-25-26-27-28-29-30-33-36-39-42-46(48(50)52-44-41-38-35-32-21-18-15-12-9-6-3)45-47(49)51-43-40-37-34-31-20-17-14-11-8-5-2/h26-27,46H,4-25,28-45H2,1-3H3/b27-26+. The molecular weight excluding hydrogens is 641 g/mol. The molecule has 4 nitrogen and oxygen atoms in total. The summed E-state index contributed by atoms with van der Waals surface area (Å²) in [4.78, 5) is 25.8. The third-order valence-electron chi connectivity index (χ3n) is 10.8. The molecule has 0 rings (SSSR count). The molecule has 0 spiro atoms. The van der Waals surface area contributed by atoms with Gasteiger partial charge in [-0.1, -0.05) is 226 Å². The summed E-state index contributed by atoms with van der Waals surface area (Å²) in [6, 6.07) is 0. The molecule has 0 aromatic carbocycles. The first-order valence-corrected chi connectivity index (χ1v) is 23.6. The zero-order chi connectivity index (χ0) is 37.8. The van der Waals surface area contributed by atoms with Gasteiger partial charge in [0.15, 0.2) is 0 Å². The number of rotatable bonds is 43. The van der Waals surface area contributed by atoms with Gasteiger partial charge in [0.2, 0.25) is 0 Å². The van der Waals surface area contributed by atoms with Crippen molar-refractivity contribution < 1.29 is 19.1 Å². The quantitative estimate of drug-likeness (QED) is 0.0356. The van der Waals surface area contributed by atoms with E-state index in [1.807, 2.05) is 0 Å². The molecule has 0 heterocycles. The molecule has 0 aliphatic carbocycles. The lowest BCUT2D eigenvalue weighted by Crippen LogP contribution is -2.23. The largest absolute Gasteiger partial charge is 0.466 e. The van der Waals surface area contributed by atoms with E-state index in [-0.39, 0.29) is 24.3 Å². The van der Waals surface area contributed by atoms with Crippen molar-refractivity contribution in [2.45, 2.75) is 265 Å². The SMILES string of the molecule is CCCCCCCCCCC/C=C/CCCCCCCC(CC(=O)OCCCCCCCCCCCC)C(=O)OCCCCCCCCCCCC. The summed E-state index contributed by atoms with van der Waals surface area (Å²) in [5.41, 5.74) is 0. The average molecular weight is 733 g/mol. The maximum Gasteiger partial charge on any atom is 0.309 e. The van der Waals surface area contributed by atoms with Gasteiger partial charge in [0, 0.05) is 0 Å². The fraction of sp³-hybridized carbons (Fsp3) is 0.917. The number of hydrogen-bond donors (Lipinski definition) is 0. The highest BCUT2D eigenvalue weighted by Crippen LogP contribution is 2.20. The number of carbonyl (C=O) groups excluding carboxylic acids is 2. The predicted molar refractivity (Wildman–Crippen MR) is 227 cm³/mol. The van der Waals surface area contributed by atoms with Crippen molar-refractivity contribution in [3.05, 3.63) is 12.2 Å². The van der Waals surface area contributed by atoms with Crippen molar-refractivity contribution in [2.24, 2.45) is 5.92 Å². The Morgan fingerprint density at radius 3 is 1.08 bits per heavy atom.